The molecule has 1 aliphatic heterocycles. The van der Waals surface area contributed by atoms with E-state index < -0.39 is 6.04 Å². The summed E-state index contributed by atoms with van der Waals surface area (Å²) in [5.74, 6) is 0.269. The van der Waals surface area contributed by atoms with Gasteiger partial charge in [-0.05, 0) is 17.7 Å². The van der Waals surface area contributed by atoms with E-state index in [9.17, 15) is 9.59 Å². The second-order valence-electron chi connectivity index (χ2n) is 3.49. The van der Waals surface area contributed by atoms with E-state index in [4.69, 9.17) is 4.74 Å². The number of piperazine rings is 1. The van der Waals surface area contributed by atoms with Crippen molar-refractivity contribution in [1.29, 1.82) is 0 Å². The summed E-state index contributed by atoms with van der Waals surface area (Å²) in [6, 6.07) is 6.44. The van der Waals surface area contributed by atoms with Gasteiger partial charge in [-0.2, -0.15) is 0 Å². The largest absolute Gasteiger partial charge is 0.497 e. The maximum atomic E-state index is 11.6. The van der Waals surface area contributed by atoms with Crippen molar-refractivity contribution >= 4 is 11.8 Å². The minimum Gasteiger partial charge on any atom is -0.497 e. The maximum absolute atomic E-state index is 11.6. The van der Waals surface area contributed by atoms with Crippen LogP contribution in [0.5, 0.6) is 5.75 Å². The van der Waals surface area contributed by atoms with Gasteiger partial charge in [0, 0.05) is 0 Å². The molecule has 2 N–H and O–H groups in total. The van der Waals surface area contributed by atoms with E-state index in [1.807, 2.05) is 0 Å². The highest BCUT2D eigenvalue weighted by molar-refractivity contribution is 5.95. The Balaban J connectivity index is 2.27. The number of benzene rings is 1. The van der Waals surface area contributed by atoms with E-state index in [1.54, 1.807) is 31.4 Å². The maximum Gasteiger partial charge on any atom is 0.247 e. The Bertz CT molecular complexity index is 431. The van der Waals surface area contributed by atoms with E-state index in [0.717, 1.165) is 0 Å². The van der Waals surface area contributed by atoms with Crippen LogP contribution in [0.15, 0.2) is 24.3 Å². The van der Waals surface area contributed by atoms with Gasteiger partial charge in [-0.3, -0.25) is 9.59 Å². The molecular formula is C11H12N2O3. The molecule has 84 valence electrons. The molecule has 0 spiro atoms. The number of amides is 2. The van der Waals surface area contributed by atoms with Gasteiger partial charge < -0.3 is 15.4 Å². The third kappa shape index (κ3) is 1.98. The fourth-order valence-electron chi connectivity index (χ4n) is 1.60. The van der Waals surface area contributed by atoms with Crippen LogP contribution >= 0.6 is 0 Å². The zero-order valence-corrected chi connectivity index (χ0v) is 8.82. The van der Waals surface area contributed by atoms with E-state index in [1.165, 1.54) is 0 Å². The smallest absolute Gasteiger partial charge is 0.247 e. The van der Waals surface area contributed by atoms with E-state index in [2.05, 4.69) is 10.6 Å². The van der Waals surface area contributed by atoms with Crippen molar-refractivity contribution in [2.24, 2.45) is 0 Å². The first-order valence-corrected chi connectivity index (χ1v) is 4.92. The Morgan fingerprint density at radius 2 is 2.19 bits per heavy atom. The van der Waals surface area contributed by atoms with E-state index in [-0.39, 0.29) is 18.4 Å². The Morgan fingerprint density at radius 1 is 1.38 bits per heavy atom. The monoisotopic (exact) mass is 220 g/mol. The van der Waals surface area contributed by atoms with Crippen LogP contribution in [-0.4, -0.2) is 25.5 Å². The zero-order chi connectivity index (χ0) is 11.5. The molecular weight excluding hydrogens is 208 g/mol. The summed E-state index contributed by atoms with van der Waals surface area (Å²) >= 11 is 0. The van der Waals surface area contributed by atoms with Crippen molar-refractivity contribution < 1.29 is 14.3 Å². The lowest BCUT2D eigenvalue weighted by molar-refractivity contribution is -0.133. The van der Waals surface area contributed by atoms with Crippen molar-refractivity contribution in [2.45, 2.75) is 6.04 Å². The van der Waals surface area contributed by atoms with E-state index >= 15 is 0 Å². The van der Waals surface area contributed by atoms with Crippen LogP contribution in [0.3, 0.4) is 0 Å². The zero-order valence-electron chi connectivity index (χ0n) is 8.82. The molecule has 5 heteroatoms. The minimum absolute atomic E-state index is 0.0410. The van der Waals surface area contributed by atoms with Crippen molar-refractivity contribution in [3.8, 4) is 5.75 Å². The van der Waals surface area contributed by atoms with Crippen LogP contribution < -0.4 is 15.4 Å². The summed E-state index contributed by atoms with van der Waals surface area (Å²) < 4.78 is 5.06. The number of rotatable bonds is 2. The van der Waals surface area contributed by atoms with Crippen LogP contribution in [0, 0.1) is 0 Å². The number of carbonyl (C=O) groups is 2. The summed E-state index contributed by atoms with van der Waals surface area (Å²) in [4.78, 5) is 22.8. The summed E-state index contributed by atoms with van der Waals surface area (Å²) in [6.45, 7) is 0.0410. The molecule has 0 saturated carbocycles. The van der Waals surface area contributed by atoms with Gasteiger partial charge in [-0.25, -0.2) is 0 Å². The fourth-order valence-corrected chi connectivity index (χ4v) is 1.60. The average molecular weight is 220 g/mol. The van der Waals surface area contributed by atoms with Gasteiger partial charge in [0.2, 0.25) is 11.8 Å². The molecule has 1 aromatic rings. The molecule has 2 amide bonds. The van der Waals surface area contributed by atoms with Crippen LogP contribution in [0.1, 0.15) is 11.6 Å². The SMILES string of the molecule is COc1cccc(C2NC(=O)CNC2=O)c1. The van der Waals surface area contributed by atoms with Crippen molar-refractivity contribution in [2.75, 3.05) is 13.7 Å². The third-order valence-electron chi connectivity index (χ3n) is 2.42. The molecule has 0 radical (unpaired) electrons. The second-order valence-corrected chi connectivity index (χ2v) is 3.49. The molecule has 1 aliphatic rings. The molecule has 1 aromatic carbocycles. The Labute approximate surface area is 92.8 Å². The molecule has 0 bridgehead atoms. The van der Waals surface area contributed by atoms with Crippen molar-refractivity contribution in [3.63, 3.8) is 0 Å². The first-order chi connectivity index (χ1) is 7.70. The highest BCUT2D eigenvalue weighted by Gasteiger charge is 2.27. The summed E-state index contributed by atoms with van der Waals surface area (Å²) in [7, 11) is 1.55. The lowest BCUT2D eigenvalue weighted by Gasteiger charge is -2.23. The molecule has 1 heterocycles. The van der Waals surface area contributed by atoms with Gasteiger partial charge >= 0.3 is 0 Å². The van der Waals surface area contributed by atoms with Crippen molar-refractivity contribution in [3.05, 3.63) is 29.8 Å². The Kier molecular flexibility index (Phi) is 2.76. The molecule has 2 rings (SSSR count). The molecule has 1 atom stereocenters. The number of ether oxygens (including phenoxy) is 1. The number of carbonyl (C=O) groups excluding carboxylic acids is 2. The summed E-state index contributed by atoms with van der Waals surface area (Å²) in [5, 5.41) is 5.15. The van der Waals surface area contributed by atoms with Gasteiger partial charge in [0.05, 0.1) is 13.7 Å². The topological polar surface area (TPSA) is 67.4 Å². The van der Waals surface area contributed by atoms with Gasteiger partial charge in [0.15, 0.2) is 0 Å². The number of hydrogen-bond acceptors (Lipinski definition) is 3. The number of hydrogen-bond donors (Lipinski definition) is 2. The molecule has 1 saturated heterocycles. The normalized spacial score (nSPS) is 19.9. The summed E-state index contributed by atoms with van der Waals surface area (Å²) in [6.07, 6.45) is 0. The Morgan fingerprint density at radius 3 is 2.94 bits per heavy atom. The van der Waals surface area contributed by atoms with Crippen LogP contribution in [0.4, 0.5) is 0 Å². The second kappa shape index (κ2) is 4.22. The molecule has 16 heavy (non-hydrogen) atoms. The van der Waals surface area contributed by atoms with Crippen LogP contribution in [-0.2, 0) is 9.59 Å². The minimum atomic E-state index is -0.628. The predicted octanol–water partition coefficient (Wildman–Crippen LogP) is -0.0177. The molecule has 5 nitrogen and oxygen atoms in total. The Hall–Kier alpha value is -2.04. The number of methoxy groups -OCH3 is 1. The summed E-state index contributed by atoms with van der Waals surface area (Å²) in [5.41, 5.74) is 0.713. The van der Waals surface area contributed by atoms with Gasteiger partial charge in [-0.1, -0.05) is 12.1 Å². The third-order valence-corrected chi connectivity index (χ3v) is 2.42. The lowest BCUT2D eigenvalue weighted by atomic mass is 10.0. The van der Waals surface area contributed by atoms with Gasteiger partial charge in [0.25, 0.3) is 0 Å². The highest BCUT2D eigenvalue weighted by atomic mass is 16.5. The van der Waals surface area contributed by atoms with Crippen LogP contribution in [0.2, 0.25) is 0 Å². The lowest BCUT2D eigenvalue weighted by Crippen LogP contribution is -2.50. The molecule has 0 aliphatic carbocycles. The first-order valence-electron chi connectivity index (χ1n) is 4.92. The molecule has 0 aromatic heterocycles. The quantitative estimate of drug-likeness (QED) is 0.736. The standard InChI is InChI=1S/C11H12N2O3/c1-16-8-4-2-3-7(5-8)10-11(15)12-6-9(14)13-10/h2-5,10H,6H2,1H3,(H,12,15)(H,13,14). The highest BCUT2D eigenvalue weighted by Crippen LogP contribution is 2.20. The van der Waals surface area contributed by atoms with Crippen LogP contribution in [0.25, 0.3) is 0 Å². The average Bonchev–Trinajstić information content (AvgIpc) is 2.32. The number of nitrogens with one attached hydrogen (secondary N) is 2. The van der Waals surface area contributed by atoms with Gasteiger partial charge in [0.1, 0.15) is 11.8 Å². The molecule has 1 unspecified atom stereocenters. The van der Waals surface area contributed by atoms with Gasteiger partial charge in [-0.15, -0.1) is 0 Å². The molecule has 1 fully saturated rings. The fraction of sp³-hybridized carbons (Fsp3) is 0.273. The van der Waals surface area contributed by atoms with Crippen molar-refractivity contribution in [1.82, 2.24) is 10.6 Å². The van der Waals surface area contributed by atoms with E-state index in [0.29, 0.717) is 11.3 Å². The first kappa shape index (κ1) is 10.5. The predicted molar refractivity (Wildman–Crippen MR) is 56.9 cm³/mol.